The lowest BCUT2D eigenvalue weighted by Crippen LogP contribution is -2.42. The number of aliphatic hydroxyl groups is 1. The van der Waals surface area contributed by atoms with Crippen LogP contribution in [-0.2, 0) is 6.61 Å². The highest BCUT2D eigenvalue weighted by molar-refractivity contribution is 7.15. The van der Waals surface area contributed by atoms with Gasteiger partial charge < -0.3 is 20.6 Å². The van der Waals surface area contributed by atoms with Gasteiger partial charge in [0.25, 0.3) is 0 Å². The van der Waals surface area contributed by atoms with Gasteiger partial charge in [0.15, 0.2) is 10.9 Å². The van der Waals surface area contributed by atoms with Gasteiger partial charge in [-0.05, 0) is 25.0 Å². The third-order valence-electron chi connectivity index (χ3n) is 5.57. The van der Waals surface area contributed by atoms with Crippen LogP contribution in [0.3, 0.4) is 0 Å². The highest BCUT2D eigenvalue weighted by Gasteiger charge is 2.34. The Hall–Kier alpha value is -3.16. The first-order valence-corrected chi connectivity index (χ1v) is 10.8. The number of hydrogen-bond acceptors (Lipinski definition) is 9. The Kier molecular flexibility index (Phi) is 4.98. The van der Waals surface area contributed by atoms with Crippen molar-refractivity contribution in [3.63, 3.8) is 0 Å². The molecule has 2 bridgehead atoms. The lowest BCUT2D eigenvalue weighted by atomic mass is 9.98. The molecule has 1 saturated heterocycles. The lowest BCUT2D eigenvalue weighted by molar-refractivity contribution is 0.219. The maximum atomic E-state index is 9.28. The van der Waals surface area contributed by atoms with Crippen LogP contribution in [0.1, 0.15) is 30.6 Å². The molecular weight excluding hydrogens is 400 g/mol. The van der Waals surface area contributed by atoms with Crippen molar-refractivity contribution in [2.75, 3.05) is 17.2 Å². The SMILES string of the molecule is N#CCCN1C2=CC[C@H]1C[C@H](Nc1nc(Nc3ncc(CO)s3)c3cccn3n1)C2. The van der Waals surface area contributed by atoms with Gasteiger partial charge in [-0.2, -0.15) is 10.2 Å². The van der Waals surface area contributed by atoms with Crippen molar-refractivity contribution in [1.29, 1.82) is 5.26 Å². The number of rotatable bonds is 7. The maximum Gasteiger partial charge on any atom is 0.243 e. The molecule has 0 saturated carbocycles. The van der Waals surface area contributed by atoms with Crippen molar-refractivity contribution in [2.45, 2.75) is 44.4 Å². The first kappa shape index (κ1) is 18.8. The maximum absolute atomic E-state index is 9.28. The van der Waals surface area contributed by atoms with Crippen LogP contribution in [0.4, 0.5) is 16.9 Å². The second-order valence-corrected chi connectivity index (χ2v) is 8.62. The zero-order valence-corrected chi connectivity index (χ0v) is 17.1. The van der Waals surface area contributed by atoms with E-state index in [9.17, 15) is 5.11 Å². The van der Waals surface area contributed by atoms with Gasteiger partial charge in [-0.15, -0.1) is 5.10 Å². The summed E-state index contributed by atoms with van der Waals surface area (Å²) in [5.74, 6) is 1.24. The summed E-state index contributed by atoms with van der Waals surface area (Å²) >= 11 is 1.40. The largest absolute Gasteiger partial charge is 0.391 e. The van der Waals surface area contributed by atoms with E-state index < -0.39 is 0 Å². The summed E-state index contributed by atoms with van der Waals surface area (Å²) in [4.78, 5) is 12.2. The first-order chi connectivity index (χ1) is 14.7. The number of nitrogens with zero attached hydrogens (tertiary/aromatic N) is 6. The highest BCUT2D eigenvalue weighted by atomic mass is 32.1. The average molecular weight is 423 g/mol. The summed E-state index contributed by atoms with van der Waals surface area (Å²) in [6.07, 6.45) is 9.35. The molecule has 9 nitrogen and oxygen atoms in total. The van der Waals surface area contributed by atoms with E-state index in [2.05, 4.69) is 37.8 Å². The Labute approximate surface area is 177 Å². The molecule has 0 radical (unpaired) electrons. The number of nitrogens with one attached hydrogen (secondary N) is 2. The van der Waals surface area contributed by atoms with E-state index >= 15 is 0 Å². The summed E-state index contributed by atoms with van der Waals surface area (Å²) in [5, 5.41) is 30.2. The topological polar surface area (TPSA) is 114 Å². The van der Waals surface area contributed by atoms with Crippen molar-refractivity contribution in [1.82, 2.24) is 24.5 Å². The number of thiazole rings is 1. The number of nitriles is 1. The normalized spacial score (nSPS) is 20.3. The Morgan fingerprint density at radius 1 is 1.40 bits per heavy atom. The molecule has 2 aliphatic rings. The van der Waals surface area contributed by atoms with Gasteiger partial charge in [-0.1, -0.05) is 17.4 Å². The minimum absolute atomic E-state index is 0.0272. The molecule has 2 aliphatic heterocycles. The third kappa shape index (κ3) is 3.58. The van der Waals surface area contributed by atoms with Crippen molar-refractivity contribution < 1.29 is 5.11 Å². The Bertz CT molecular complexity index is 1130. The number of hydrogen-bond donors (Lipinski definition) is 3. The second-order valence-electron chi connectivity index (χ2n) is 7.50. The number of aliphatic hydroxyl groups excluding tert-OH is 1. The third-order valence-corrected chi connectivity index (χ3v) is 6.47. The molecule has 0 aliphatic carbocycles. The van der Waals surface area contributed by atoms with Gasteiger partial charge in [-0.25, -0.2) is 9.50 Å². The zero-order valence-electron chi connectivity index (χ0n) is 16.3. The van der Waals surface area contributed by atoms with Crippen molar-refractivity contribution in [2.24, 2.45) is 0 Å². The van der Waals surface area contributed by atoms with Gasteiger partial charge in [0.2, 0.25) is 5.95 Å². The van der Waals surface area contributed by atoms with Crippen LogP contribution in [0.2, 0.25) is 0 Å². The van der Waals surface area contributed by atoms with Crippen LogP contribution in [0.5, 0.6) is 0 Å². The average Bonchev–Trinajstić information content (AvgIpc) is 3.45. The van der Waals surface area contributed by atoms with Crippen LogP contribution in [0.25, 0.3) is 5.52 Å². The molecule has 154 valence electrons. The number of aromatic nitrogens is 4. The molecule has 5 rings (SSSR count). The predicted octanol–water partition coefficient (Wildman–Crippen LogP) is 2.87. The summed E-state index contributed by atoms with van der Waals surface area (Å²) < 4.78 is 1.80. The number of piperidine rings is 1. The van der Waals surface area contributed by atoms with Gasteiger partial charge in [0.1, 0.15) is 5.52 Å². The minimum atomic E-state index is -0.0272. The number of fused-ring (bicyclic) bond motifs is 3. The monoisotopic (exact) mass is 422 g/mol. The van der Waals surface area contributed by atoms with Crippen LogP contribution >= 0.6 is 11.3 Å². The van der Waals surface area contributed by atoms with Crippen LogP contribution in [0.15, 0.2) is 36.3 Å². The van der Waals surface area contributed by atoms with E-state index in [4.69, 9.17) is 10.2 Å². The predicted molar refractivity (Wildman–Crippen MR) is 114 cm³/mol. The standard InChI is InChI=1S/C20H22N8OS/c21-6-2-7-27-14-4-5-15(27)10-13(9-14)23-19-24-18(17-3-1-8-28(17)26-19)25-20-22-11-16(12-29)30-20/h1,3-4,8,11,13,15,29H,2,5,7,9-10,12H2,(H2,22,23,24,25,26)/t13-,15+/m1/s1. The Morgan fingerprint density at radius 2 is 2.33 bits per heavy atom. The van der Waals surface area contributed by atoms with Gasteiger partial charge in [-0.3, -0.25) is 0 Å². The van der Waals surface area contributed by atoms with E-state index in [0.717, 1.165) is 36.2 Å². The molecule has 5 heterocycles. The molecular formula is C20H22N8OS. The summed E-state index contributed by atoms with van der Waals surface area (Å²) in [6.45, 7) is 0.782. The molecule has 0 unspecified atom stereocenters. The fourth-order valence-corrected chi connectivity index (χ4v) is 4.93. The molecule has 0 amide bonds. The summed E-state index contributed by atoms with van der Waals surface area (Å²) in [5.41, 5.74) is 2.18. The summed E-state index contributed by atoms with van der Waals surface area (Å²) in [7, 11) is 0. The van der Waals surface area contributed by atoms with Gasteiger partial charge >= 0.3 is 0 Å². The van der Waals surface area contributed by atoms with Crippen molar-refractivity contribution >= 4 is 33.8 Å². The molecule has 3 aromatic rings. The molecule has 0 spiro atoms. The quantitative estimate of drug-likeness (QED) is 0.532. The molecule has 2 atom stereocenters. The second kappa shape index (κ2) is 7.93. The van der Waals surface area contributed by atoms with Crippen molar-refractivity contribution in [3.8, 4) is 6.07 Å². The fourth-order valence-electron chi connectivity index (χ4n) is 4.26. The van der Waals surface area contributed by atoms with E-state index in [0.29, 0.717) is 29.4 Å². The van der Waals surface area contributed by atoms with E-state index in [-0.39, 0.29) is 12.6 Å². The molecule has 3 N–H and O–H groups in total. The summed E-state index contributed by atoms with van der Waals surface area (Å²) in [6, 6.07) is 6.83. The molecule has 30 heavy (non-hydrogen) atoms. The Morgan fingerprint density at radius 3 is 3.13 bits per heavy atom. The smallest absolute Gasteiger partial charge is 0.243 e. The van der Waals surface area contributed by atoms with E-state index in [1.807, 2.05) is 18.3 Å². The zero-order chi connectivity index (χ0) is 20.5. The molecule has 10 heteroatoms. The van der Waals surface area contributed by atoms with E-state index in [1.54, 1.807) is 10.7 Å². The highest BCUT2D eigenvalue weighted by Crippen LogP contribution is 2.35. The molecule has 3 aromatic heterocycles. The molecule has 0 aromatic carbocycles. The number of anilines is 3. The Balaban J connectivity index is 1.34. The van der Waals surface area contributed by atoms with Crippen molar-refractivity contribution in [3.05, 3.63) is 41.2 Å². The van der Waals surface area contributed by atoms with Crippen LogP contribution in [0, 0.1) is 11.3 Å². The lowest BCUT2D eigenvalue weighted by Gasteiger charge is -2.38. The fraction of sp³-hybridized carbons (Fsp3) is 0.400. The van der Waals surface area contributed by atoms with Crippen LogP contribution < -0.4 is 10.6 Å². The first-order valence-electron chi connectivity index (χ1n) is 10.0. The van der Waals surface area contributed by atoms with E-state index in [1.165, 1.54) is 17.0 Å². The van der Waals surface area contributed by atoms with Gasteiger partial charge in [0.05, 0.1) is 24.0 Å². The van der Waals surface area contributed by atoms with Gasteiger partial charge in [0, 0.05) is 43.1 Å². The minimum Gasteiger partial charge on any atom is -0.391 e. The molecule has 1 fully saturated rings. The van der Waals surface area contributed by atoms with Crippen LogP contribution in [-0.4, -0.2) is 48.2 Å².